The monoisotopic (exact) mass is 277 g/mol. The second-order valence-electron chi connectivity index (χ2n) is 4.81. The van der Waals surface area contributed by atoms with Gasteiger partial charge in [-0.25, -0.2) is 4.79 Å². The number of carbonyl (C=O) groups excluding carboxylic acids is 2. The highest BCUT2D eigenvalue weighted by atomic mass is 16.7. The lowest BCUT2D eigenvalue weighted by atomic mass is 10.0. The number of esters is 1. The molecule has 6 heteroatoms. The molecular weight excluding hydrogens is 262 g/mol. The molecular formula is C14H15NO5. The summed E-state index contributed by atoms with van der Waals surface area (Å²) in [7, 11) is 1.26. The van der Waals surface area contributed by atoms with Gasteiger partial charge in [0.25, 0.3) is 5.91 Å². The average molecular weight is 277 g/mol. The normalized spacial score (nSPS) is 31.8. The summed E-state index contributed by atoms with van der Waals surface area (Å²) >= 11 is 0. The summed E-state index contributed by atoms with van der Waals surface area (Å²) in [6.07, 6.45) is -1.94. The standard InChI is InChI=1S/C14H15NO5/c1-18-13(17)11-10-12(16)15-9(14(19-10)20-11)7-8-5-3-2-4-6-8/h2-6,9-11,14H,7H2,1H3,(H,15,16)/t9-,10+,11+,14-/m0/s1. The zero-order valence-corrected chi connectivity index (χ0v) is 10.9. The van der Waals surface area contributed by atoms with Gasteiger partial charge in [0.05, 0.1) is 13.2 Å². The number of ether oxygens (including phenoxy) is 3. The molecule has 1 aromatic rings. The lowest BCUT2D eigenvalue weighted by molar-refractivity contribution is -0.155. The fourth-order valence-corrected chi connectivity index (χ4v) is 2.50. The average Bonchev–Trinajstić information content (AvgIpc) is 2.87. The van der Waals surface area contributed by atoms with Gasteiger partial charge in [0, 0.05) is 0 Å². The molecule has 2 saturated heterocycles. The molecule has 2 aliphatic heterocycles. The van der Waals surface area contributed by atoms with E-state index in [1.165, 1.54) is 7.11 Å². The van der Waals surface area contributed by atoms with Gasteiger partial charge in [-0.15, -0.1) is 0 Å². The molecule has 106 valence electrons. The third-order valence-electron chi connectivity index (χ3n) is 3.48. The van der Waals surface area contributed by atoms with Gasteiger partial charge in [-0.1, -0.05) is 30.3 Å². The second kappa shape index (κ2) is 5.22. The molecule has 0 aliphatic carbocycles. The van der Waals surface area contributed by atoms with Crippen LogP contribution in [-0.2, 0) is 30.2 Å². The predicted molar refractivity (Wildman–Crippen MR) is 67.6 cm³/mol. The molecule has 1 aromatic carbocycles. The van der Waals surface area contributed by atoms with E-state index >= 15 is 0 Å². The summed E-state index contributed by atoms with van der Waals surface area (Å²) in [5.41, 5.74) is 1.06. The van der Waals surface area contributed by atoms with E-state index < -0.39 is 24.5 Å². The third kappa shape index (κ3) is 2.28. The zero-order valence-electron chi connectivity index (χ0n) is 10.9. The van der Waals surface area contributed by atoms with E-state index in [1.54, 1.807) is 0 Å². The summed E-state index contributed by atoms with van der Waals surface area (Å²) in [4.78, 5) is 23.5. The predicted octanol–water partition coefficient (Wildman–Crippen LogP) is 0.0106. The van der Waals surface area contributed by atoms with Gasteiger partial charge in [-0.2, -0.15) is 0 Å². The maximum atomic E-state index is 12.0. The minimum Gasteiger partial charge on any atom is -0.467 e. The molecule has 6 nitrogen and oxygen atoms in total. The van der Waals surface area contributed by atoms with Crippen molar-refractivity contribution in [3.8, 4) is 0 Å². The van der Waals surface area contributed by atoms with Crippen molar-refractivity contribution in [1.82, 2.24) is 5.32 Å². The Morgan fingerprint density at radius 2 is 2.05 bits per heavy atom. The van der Waals surface area contributed by atoms with E-state index in [-0.39, 0.29) is 11.9 Å². The van der Waals surface area contributed by atoms with Crippen LogP contribution in [0.1, 0.15) is 5.56 Å². The van der Waals surface area contributed by atoms with E-state index in [9.17, 15) is 9.59 Å². The molecule has 0 unspecified atom stereocenters. The van der Waals surface area contributed by atoms with Crippen molar-refractivity contribution in [2.75, 3.05) is 7.11 Å². The lowest BCUT2D eigenvalue weighted by Crippen LogP contribution is -2.54. The molecule has 0 saturated carbocycles. The van der Waals surface area contributed by atoms with Crippen LogP contribution in [0.2, 0.25) is 0 Å². The number of benzene rings is 1. The van der Waals surface area contributed by atoms with E-state index in [0.29, 0.717) is 6.42 Å². The molecule has 2 bridgehead atoms. The zero-order chi connectivity index (χ0) is 14.1. The Morgan fingerprint density at radius 1 is 1.30 bits per heavy atom. The van der Waals surface area contributed by atoms with Crippen molar-refractivity contribution in [3.63, 3.8) is 0 Å². The lowest BCUT2D eigenvalue weighted by Gasteiger charge is -2.28. The number of hydrogen-bond donors (Lipinski definition) is 1. The first-order chi connectivity index (χ1) is 9.69. The molecule has 1 N–H and O–H groups in total. The number of carbonyl (C=O) groups is 2. The Bertz CT molecular complexity index is 518. The summed E-state index contributed by atoms with van der Waals surface area (Å²) < 4.78 is 15.6. The minimum atomic E-state index is -0.981. The quantitative estimate of drug-likeness (QED) is 0.788. The number of methoxy groups -OCH3 is 1. The first-order valence-electron chi connectivity index (χ1n) is 6.42. The fraction of sp³-hybridized carbons (Fsp3) is 0.429. The molecule has 3 rings (SSSR count). The van der Waals surface area contributed by atoms with Gasteiger partial charge in [-0.05, 0) is 12.0 Å². The molecule has 0 spiro atoms. The topological polar surface area (TPSA) is 73.9 Å². The first-order valence-corrected chi connectivity index (χ1v) is 6.42. The highest BCUT2D eigenvalue weighted by molar-refractivity contribution is 5.90. The maximum absolute atomic E-state index is 12.0. The largest absolute Gasteiger partial charge is 0.467 e. The minimum absolute atomic E-state index is 0.309. The van der Waals surface area contributed by atoms with Crippen LogP contribution < -0.4 is 5.32 Å². The van der Waals surface area contributed by atoms with Crippen LogP contribution in [0.25, 0.3) is 0 Å². The van der Waals surface area contributed by atoms with Crippen LogP contribution in [-0.4, -0.2) is 43.5 Å². The number of morpholine rings is 1. The number of rotatable bonds is 3. The maximum Gasteiger partial charge on any atom is 0.338 e. The van der Waals surface area contributed by atoms with Crippen LogP contribution in [0.3, 0.4) is 0 Å². The molecule has 0 aromatic heterocycles. The highest BCUT2D eigenvalue weighted by Crippen LogP contribution is 2.28. The Balaban J connectivity index is 1.74. The van der Waals surface area contributed by atoms with Gasteiger partial charge in [0.15, 0.2) is 18.5 Å². The first kappa shape index (κ1) is 13.1. The smallest absolute Gasteiger partial charge is 0.338 e. The van der Waals surface area contributed by atoms with Gasteiger partial charge >= 0.3 is 5.97 Å². The Hall–Kier alpha value is -1.92. The molecule has 2 fully saturated rings. The Kier molecular flexibility index (Phi) is 3.42. The van der Waals surface area contributed by atoms with Crippen molar-refractivity contribution in [3.05, 3.63) is 35.9 Å². The van der Waals surface area contributed by atoms with Gasteiger partial charge in [0.1, 0.15) is 0 Å². The van der Waals surface area contributed by atoms with Crippen molar-refractivity contribution in [2.45, 2.75) is 31.0 Å². The number of hydrogen-bond acceptors (Lipinski definition) is 5. The van der Waals surface area contributed by atoms with Gasteiger partial charge < -0.3 is 19.5 Å². The van der Waals surface area contributed by atoms with Crippen LogP contribution in [0, 0.1) is 0 Å². The van der Waals surface area contributed by atoms with Crippen molar-refractivity contribution in [2.24, 2.45) is 0 Å². The van der Waals surface area contributed by atoms with E-state index in [2.05, 4.69) is 10.1 Å². The Labute approximate surface area is 116 Å². The third-order valence-corrected chi connectivity index (χ3v) is 3.48. The van der Waals surface area contributed by atoms with Gasteiger partial charge in [0.2, 0.25) is 0 Å². The molecule has 2 heterocycles. The van der Waals surface area contributed by atoms with Crippen LogP contribution in [0.4, 0.5) is 0 Å². The van der Waals surface area contributed by atoms with Crippen LogP contribution in [0.15, 0.2) is 30.3 Å². The van der Waals surface area contributed by atoms with Crippen LogP contribution >= 0.6 is 0 Å². The highest BCUT2D eigenvalue weighted by Gasteiger charge is 2.52. The van der Waals surface area contributed by atoms with Crippen molar-refractivity contribution in [1.29, 1.82) is 0 Å². The second-order valence-corrected chi connectivity index (χ2v) is 4.81. The van der Waals surface area contributed by atoms with E-state index in [1.807, 2.05) is 30.3 Å². The number of nitrogens with one attached hydrogen (secondary N) is 1. The number of fused-ring (bicyclic) bond motifs is 2. The van der Waals surface area contributed by atoms with Crippen molar-refractivity contribution < 1.29 is 23.8 Å². The Morgan fingerprint density at radius 3 is 2.75 bits per heavy atom. The molecule has 1 amide bonds. The van der Waals surface area contributed by atoms with E-state index in [0.717, 1.165) is 5.56 Å². The summed E-state index contributed by atoms with van der Waals surface area (Å²) in [5, 5.41) is 2.84. The fourth-order valence-electron chi connectivity index (χ4n) is 2.50. The van der Waals surface area contributed by atoms with Crippen molar-refractivity contribution >= 4 is 11.9 Å². The van der Waals surface area contributed by atoms with Crippen LogP contribution in [0.5, 0.6) is 0 Å². The molecule has 0 radical (unpaired) electrons. The molecule has 4 atom stereocenters. The number of amides is 1. The summed E-state index contributed by atoms with van der Waals surface area (Å²) in [5.74, 6) is -0.928. The molecule has 2 aliphatic rings. The van der Waals surface area contributed by atoms with Gasteiger partial charge in [-0.3, -0.25) is 4.79 Å². The summed E-state index contributed by atoms with van der Waals surface area (Å²) in [6, 6.07) is 9.40. The SMILES string of the molecule is COC(=O)[C@@H]1O[C@@H]2O[C@H]1C(=O)N[C@H]2Cc1ccccc1. The molecule has 20 heavy (non-hydrogen) atoms. The summed E-state index contributed by atoms with van der Waals surface area (Å²) in [6.45, 7) is 0. The van der Waals surface area contributed by atoms with E-state index in [4.69, 9.17) is 9.47 Å².